The van der Waals surface area contributed by atoms with Crippen LogP contribution in [0.2, 0.25) is 0 Å². The van der Waals surface area contributed by atoms with Crippen LogP contribution >= 0.6 is 23.1 Å². The predicted molar refractivity (Wildman–Crippen MR) is 79.6 cm³/mol. The van der Waals surface area contributed by atoms with Crippen molar-refractivity contribution in [3.05, 3.63) is 21.4 Å². The number of carbonyl (C=O) groups is 1. The summed E-state index contributed by atoms with van der Waals surface area (Å²) in [5, 5.41) is 6.14. The van der Waals surface area contributed by atoms with Gasteiger partial charge >= 0.3 is 0 Å². The molecule has 1 aliphatic heterocycles. The molecule has 0 spiro atoms. The van der Waals surface area contributed by atoms with Gasteiger partial charge in [-0.1, -0.05) is 6.92 Å². The molecule has 1 aromatic heterocycles. The Morgan fingerprint density at radius 2 is 2.33 bits per heavy atom. The summed E-state index contributed by atoms with van der Waals surface area (Å²) >= 11 is 3.62. The molecule has 0 fully saturated rings. The lowest BCUT2D eigenvalue weighted by atomic mass is 10.2. The van der Waals surface area contributed by atoms with Crippen molar-refractivity contribution < 1.29 is 4.79 Å². The fourth-order valence-corrected chi connectivity index (χ4v) is 4.32. The normalized spacial score (nSPS) is 16.1. The summed E-state index contributed by atoms with van der Waals surface area (Å²) < 4.78 is 0. The van der Waals surface area contributed by atoms with E-state index in [4.69, 9.17) is 0 Å². The maximum Gasteiger partial charge on any atom is 0.261 e. The van der Waals surface area contributed by atoms with E-state index >= 15 is 0 Å². The summed E-state index contributed by atoms with van der Waals surface area (Å²) in [5.74, 6) is 2.80. The van der Waals surface area contributed by atoms with Crippen LogP contribution in [0.4, 0.5) is 0 Å². The van der Waals surface area contributed by atoms with Crippen LogP contribution in [0.25, 0.3) is 0 Å². The molecule has 5 heteroatoms. The highest BCUT2D eigenvalue weighted by atomic mass is 32.2. The number of nitrogens with one attached hydrogen (secondary N) is 2. The van der Waals surface area contributed by atoms with Crippen molar-refractivity contribution in [2.45, 2.75) is 19.1 Å². The highest BCUT2D eigenvalue weighted by Crippen LogP contribution is 2.31. The highest BCUT2D eigenvalue weighted by Gasteiger charge is 2.17. The lowest BCUT2D eigenvalue weighted by Crippen LogP contribution is -2.31. The van der Waals surface area contributed by atoms with Crippen LogP contribution in [0, 0.1) is 5.92 Å². The lowest BCUT2D eigenvalue weighted by Gasteiger charge is -2.11. The molecule has 0 saturated carbocycles. The molecule has 2 rings (SSSR count). The van der Waals surface area contributed by atoms with Crippen LogP contribution in [0.3, 0.4) is 0 Å². The van der Waals surface area contributed by atoms with Crippen LogP contribution in [-0.4, -0.2) is 31.8 Å². The molecular weight excluding hydrogens is 264 g/mol. The molecule has 0 bridgehead atoms. The maximum absolute atomic E-state index is 12.0. The summed E-state index contributed by atoms with van der Waals surface area (Å²) in [6.45, 7) is 3.79. The van der Waals surface area contributed by atoms with Crippen molar-refractivity contribution in [3.63, 3.8) is 0 Å². The van der Waals surface area contributed by atoms with E-state index in [0.29, 0.717) is 5.92 Å². The molecule has 18 heavy (non-hydrogen) atoms. The molecule has 1 amide bonds. The first-order valence-corrected chi connectivity index (χ1v) is 8.30. The van der Waals surface area contributed by atoms with Gasteiger partial charge in [0, 0.05) is 17.2 Å². The van der Waals surface area contributed by atoms with E-state index in [1.165, 1.54) is 16.2 Å². The van der Waals surface area contributed by atoms with E-state index < -0.39 is 0 Å². The summed E-state index contributed by atoms with van der Waals surface area (Å²) in [6.07, 6.45) is 1.12. The van der Waals surface area contributed by atoms with E-state index in [-0.39, 0.29) is 5.91 Å². The molecule has 1 aliphatic rings. The fourth-order valence-electron chi connectivity index (χ4n) is 2.03. The van der Waals surface area contributed by atoms with Gasteiger partial charge in [0.1, 0.15) is 0 Å². The van der Waals surface area contributed by atoms with Gasteiger partial charge < -0.3 is 10.6 Å². The number of amides is 1. The Morgan fingerprint density at radius 1 is 1.50 bits per heavy atom. The molecule has 0 radical (unpaired) electrons. The molecule has 2 heterocycles. The third kappa shape index (κ3) is 3.49. The third-order valence-corrected chi connectivity index (χ3v) is 5.26. The molecule has 100 valence electrons. The minimum Gasteiger partial charge on any atom is -0.351 e. The summed E-state index contributed by atoms with van der Waals surface area (Å²) in [4.78, 5) is 14.3. The largest absolute Gasteiger partial charge is 0.351 e. The number of thioether (sulfide) groups is 1. The van der Waals surface area contributed by atoms with Gasteiger partial charge in [-0.05, 0) is 43.3 Å². The lowest BCUT2D eigenvalue weighted by molar-refractivity contribution is 0.0952. The smallest absolute Gasteiger partial charge is 0.261 e. The van der Waals surface area contributed by atoms with Crippen molar-refractivity contribution in [2.75, 3.05) is 25.9 Å². The number of thiophene rings is 1. The van der Waals surface area contributed by atoms with Gasteiger partial charge in [0.15, 0.2) is 0 Å². The molecule has 1 unspecified atom stereocenters. The Hall–Kier alpha value is -0.520. The van der Waals surface area contributed by atoms with Crippen LogP contribution in [0.1, 0.15) is 27.0 Å². The molecule has 1 atom stereocenters. The van der Waals surface area contributed by atoms with Crippen molar-refractivity contribution in [1.82, 2.24) is 10.6 Å². The molecule has 3 nitrogen and oxygen atoms in total. The topological polar surface area (TPSA) is 41.1 Å². The first-order valence-electron chi connectivity index (χ1n) is 6.33. The number of fused-ring (bicyclic) bond motifs is 1. The number of hydrogen-bond donors (Lipinski definition) is 2. The predicted octanol–water partition coefficient (Wildman–Crippen LogP) is 2.12. The van der Waals surface area contributed by atoms with Gasteiger partial charge in [0.05, 0.1) is 4.88 Å². The van der Waals surface area contributed by atoms with Gasteiger partial charge in [-0.25, -0.2) is 0 Å². The van der Waals surface area contributed by atoms with Crippen LogP contribution in [-0.2, 0) is 12.2 Å². The average Bonchev–Trinajstić information content (AvgIpc) is 2.80. The molecule has 2 N–H and O–H groups in total. The second-order valence-electron chi connectivity index (χ2n) is 4.73. The quantitative estimate of drug-likeness (QED) is 0.870. The molecule has 0 aromatic carbocycles. The van der Waals surface area contributed by atoms with E-state index in [1.54, 1.807) is 11.3 Å². The minimum atomic E-state index is 0.0855. The zero-order valence-electron chi connectivity index (χ0n) is 10.9. The van der Waals surface area contributed by atoms with E-state index in [9.17, 15) is 4.79 Å². The van der Waals surface area contributed by atoms with Crippen molar-refractivity contribution in [3.8, 4) is 0 Å². The summed E-state index contributed by atoms with van der Waals surface area (Å²) in [6, 6.07) is 2.07. The van der Waals surface area contributed by atoms with Gasteiger partial charge in [0.25, 0.3) is 5.91 Å². The Morgan fingerprint density at radius 3 is 3.06 bits per heavy atom. The first-order chi connectivity index (χ1) is 8.70. The molecular formula is C13H20N2OS2. The van der Waals surface area contributed by atoms with Crippen LogP contribution in [0.15, 0.2) is 6.07 Å². The van der Waals surface area contributed by atoms with Crippen molar-refractivity contribution >= 4 is 29.0 Å². The first kappa shape index (κ1) is 13.9. The summed E-state index contributed by atoms with van der Waals surface area (Å²) in [7, 11) is 1.93. The Labute approximate surface area is 117 Å². The number of carbonyl (C=O) groups excluding carboxylic acids is 1. The van der Waals surface area contributed by atoms with Gasteiger partial charge in [-0.15, -0.1) is 11.3 Å². The second-order valence-corrected chi connectivity index (χ2v) is 6.98. The molecule has 0 saturated heterocycles. The Bertz CT molecular complexity index is 394. The fraction of sp³-hybridized carbons (Fsp3) is 0.615. The van der Waals surface area contributed by atoms with E-state index in [0.717, 1.165) is 30.1 Å². The molecule has 1 aromatic rings. The second kappa shape index (κ2) is 6.59. The van der Waals surface area contributed by atoms with Crippen molar-refractivity contribution in [2.24, 2.45) is 5.92 Å². The van der Waals surface area contributed by atoms with Crippen LogP contribution in [0.5, 0.6) is 0 Å². The Balaban J connectivity index is 1.90. The van der Waals surface area contributed by atoms with Gasteiger partial charge in [-0.3, -0.25) is 4.79 Å². The van der Waals surface area contributed by atoms with Gasteiger partial charge in [-0.2, -0.15) is 11.8 Å². The number of rotatable bonds is 5. The monoisotopic (exact) mass is 284 g/mol. The third-order valence-electron chi connectivity index (χ3n) is 3.02. The van der Waals surface area contributed by atoms with E-state index in [2.05, 4.69) is 23.6 Å². The molecule has 0 aliphatic carbocycles. The van der Waals surface area contributed by atoms with Crippen molar-refractivity contribution in [1.29, 1.82) is 0 Å². The van der Waals surface area contributed by atoms with Crippen LogP contribution < -0.4 is 10.6 Å². The maximum atomic E-state index is 12.0. The highest BCUT2D eigenvalue weighted by molar-refractivity contribution is 7.98. The average molecular weight is 284 g/mol. The van der Waals surface area contributed by atoms with Gasteiger partial charge in [0.2, 0.25) is 0 Å². The number of hydrogen-bond acceptors (Lipinski definition) is 4. The Kier molecular flexibility index (Phi) is 5.09. The number of aryl methyl sites for hydroxylation is 1. The zero-order valence-corrected chi connectivity index (χ0v) is 12.5. The minimum absolute atomic E-state index is 0.0855. The van der Waals surface area contributed by atoms with E-state index in [1.807, 2.05) is 18.8 Å². The summed E-state index contributed by atoms with van der Waals surface area (Å²) in [5.41, 5.74) is 1.37. The zero-order chi connectivity index (χ0) is 13.0. The SMILES string of the molecule is CNCC(C)CNC(=O)c1cc2c(s1)CCSC2. The standard InChI is InChI=1S/C13H20N2OS2/c1-9(6-14-2)7-15-13(16)12-5-10-8-17-4-3-11(10)18-12/h5,9,14H,3-4,6-8H2,1-2H3,(H,15,16).